The van der Waals surface area contributed by atoms with Crippen LogP contribution in [0.2, 0.25) is 0 Å². The standard InChI is InChI=1S/C11H19NO5/c1-3-7(2)9(11(14)15)12-10(13)8-6-16-4-5-17-8/h7-9H,3-6H2,1-2H3,(H,12,13)(H,14,15). The van der Waals surface area contributed by atoms with Gasteiger partial charge in [0.2, 0.25) is 0 Å². The van der Waals surface area contributed by atoms with Gasteiger partial charge in [-0.2, -0.15) is 0 Å². The van der Waals surface area contributed by atoms with Crippen molar-refractivity contribution in [2.75, 3.05) is 19.8 Å². The number of rotatable bonds is 5. The van der Waals surface area contributed by atoms with Gasteiger partial charge in [-0.1, -0.05) is 20.3 Å². The molecule has 2 N–H and O–H groups in total. The Kier molecular flexibility index (Phi) is 5.37. The van der Waals surface area contributed by atoms with Crippen LogP contribution in [-0.2, 0) is 19.1 Å². The summed E-state index contributed by atoms with van der Waals surface area (Å²) in [6.07, 6.45) is -0.0196. The molecular formula is C11H19NO5. The SMILES string of the molecule is CCC(C)C(NC(=O)C1COCCO1)C(=O)O. The molecule has 0 aliphatic carbocycles. The molecule has 6 heteroatoms. The number of ether oxygens (including phenoxy) is 2. The van der Waals surface area contributed by atoms with Crippen LogP contribution in [0.4, 0.5) is 0 Å². The quantitative estimate of drug-likeness (QED) is 0.713. The predicted octanol–water partition coefficient (Wildman–Crippen LogP) is 0.0173. The maximum atomic E-state index is 11.8. The molecule has 17 heavy (non-hydrogen) atoms. The molecular weight excluding hydrogens is 226 g/mol. The van der Waals surface area contributed by atoms with Gasteiger partial charge in [0.05, 0.1) is 19.8 Å². The van der Waals surface area contributed by atoms with Crippen molar-refractivity contribution in [2.24, 2.45) is 5.92 Å². The molecule has 0 aromatic rings. The van der Waals surface area contributed by atoms with Crippen molar-refractivity contribution in [3.05, 3.63) is 0 Å². The van der Waals surface area contributed by atoms with E-state index in [4.69, 9.17) is 14.6 Å². The second kappa shape index (κ2) is 6.56. The highest BCUT2D eigenvalue weighted by Gasteiger charge is 2.30. The monoisotopic (exact) mass is 245 g/mol. The van der Waals surface area contributed by atoms with Gasteiger partial charge < -0.3 is 19.9 Å². The largest absolute Gasteiger partial charge is 0.480 e. The van der Waals surface area contributed by atoms with Gasteiger partial charge in [0.15, 0.2) is 6.10 Å². The molecule has 3 atom stereocenters. The molecule has 0 spiro atoms. The highest BCUT2D eigenvalue weighted by Crippen LogP contribution is 2.09. The number of nitrogens with one attached hydrogen (secondary N) is 1. The summed E-state index contributed by atoms with van der Waals surface area (Å²) >= 11 is 0. The summed E-state index contributed by atoms with van der Waals surface area (Å²) in [5.74, 6) is -1.57. The van der Waals surface area contributed by atoms with Crippen LogP contribution in [0.25, 0.3) is 0 Å². The molecule has 0 bridgehead atoms. The van der Waals surface area contributed by atoms with Crippen LogP contribution < -0.4 is 5.32 Å². The van der Waals surface area contributed by atoms with Gasteiger partial charge in [-0.05, 0) is 5.92 Å². The van der Waals surface area contributed by atoms with Gasteiger partial charge in [0, 0.05) is 0 Å². The summed E-state index contributed by atoms with van der Waals surface area (Å²) in [7, 11) is 0. The molecule has 1 rings (SSSR count). The Hall–Kier alpha value is -1.14. The lowest BCUT2D eigenvalue weighted by Crippen LogP contribution is -2.51. The molecule has 0 radical (unpaired) electrons. The number of carboxylic acid groups (broad SMARTS) is 1. The Morgan fingerprint density at radius 2 is 2.18 bits per heavy atom. The Morgan fingerprint density at radius 1 is 1.47 bits per heavy atom. The number of carbonyl (C=O) groups is 2. The van der Waals surface area contributed by atoms with Crippen molar-refractivity contribution in [1.82, 2.24) is 5.32 Å². The Balaban J connectivity index is 2.53. The third kappa shape index (κ3) is 3.98. The number of hydrogen-bond donors (Lipinski definition) is 2. The van der Waals surface area contributed by atoms with Crippen LogP contribution in [0.1, 0.15) is 20.3 Å². The van der Waals surface area contributed by atoms with E-state index in [2.05, 4.69) is 5.32 Å². The molecule has 1 heterocycles. The summed E-state index contributed by atoms with van der Waals surface area (Å²) in [4.78, 5) is 22.8. The minimum Gasteiger partial charge on any atom is -0.480 e. The fourth-order valence-corrected chi connectivity index (χ4v) is 1.57. The minimum atomic E-state index is -1.02. The second-order valence-electron chi connectivity index (χ2n) is 4.14. The third-order valence-electron chi connectivity index (χ3n) is 2.89. The van der Waals surface area contributed by atoms with Gasteiger partial charge in [-0.3, -0.25) is 4.79 Å². The van der Waals surface area contributed by atoms with E-state index in [1.54, 1.807) is 6.92 Å². The van der Waals surface area contributed by atoms with Crippen LogP contribution in [-0.4, -0.2) is 48.9 Å². The summed E-state index contributed by atoms with van der Waals surface area (Å²) in [5, 5.41) is 11.5. The van der Waals surface area contributed by atoms with Gasteiger partial charge in [-0.15, -0.1) is 0 Å². The number of aliphatic carboxylic acids is 1. The lowest BCUT2D eigenvalue weighted by Gasteiger charge is -2.26. The Morgan fingerprint density at radius 3 is 2.65 bits per heavy atom. The van der Waals surface area contributed by atoms with Gasteiger partial charge in [0.25, 0.3) is 5.91 Å². The first-order chi connectivity index (χ1) is 8.06. The van der Waals surface area contributed by atoms with Gasteiger partial charge in [-0.25, -0.2) is 4.79 Å². The molecule has 0 aromatic heterocycles. The zero-order chi connectivity index (χ0) is 12.8. The van der Waals surface area contributed by atoms with Crippen molar-refractivity contribution < 1.29 is 24.2 Å². The first kappa shape index (κ1) is 13.9. The number of carboxylic acids is 1. The number of amides is 1. The third-order valence-corrected chi connectivity index (χ3v) is 2.89. The fraction of sp³-hybridized carbons (Fsp3) is 0.818. The normalized spacial score (nSPS) is 23.8. The molecule has 1 saturated heterocycles. The highest BCUT2D eigenvalue weighted by molar-refractivity contribution is 5.86. The molecule has 1 aliphatic heterocycles. The Bertz CT molecular complexity index is 275. The maximum Gasteiger partial charge on any atom is 0.326 e. The van der Waals surface area contributed by atoms with E-state index < -0.39 is 24.0 Å². The van der Waals surface area contributed by atoms with Crippen LogP contribution in [0.15, 0.2) is 0 Å². The molecule has 0 aromatic carbocycles. The first-order valence-electron chi connectivity index (χ1n) is 5.78. The predicted molar refractivity (Wildman–Crippen MR) is 59.6 cm³/mol. The summed E-state index contributed by atoms with van der Waals surface area (Å²) in [6.45, 7) is 4.68. The molecule has 0 saturated carbocycles. The van der Waals surface area contributed by atoms with Crippen molar-refractivity contribution >= 4 is 11.9 Å². The maximum absolute atomic E-state index is 11.8. The van der Waals surface area contributed by atoms with E-state index in [0.29, 0.717) is 19.6 Å². The molecule has 98 valence electrons. The smallest absolute Gasteiger partial charge is 0.326 e. The molecule has 1 aliphatic rings. The molecule has 1 amide bonds. The van der Waals surface area contributed by atoms with E-state index in [0.717, 1.165) is 0 Å². The zero-order valence-corrected chi connectivity index (χ0v) is 10.1. The summed E-state index contributed by atoms with van der Waals surface area (Å²) < 4.78 is 10.3. The van der Waals surface area contributed by atoms with Gasteiger partial charge in [0.1, 0.15) is 6.04 Å². The van der Waals surface area contributed by atoms with E-state index >= 15 is 0 Å². The summed E-state index contributed by atoms with van der Waals surface area (Å²) in [5.41, 5.74) is 0. The average molecular weight is 245 g/mol. The van der Waals surface area contributed by atoms with Crippen LogP contribution in [0, 0.1) is 5.92 Å². The van der Waals surface area contributed by atoms with Crippen molar-refractivity contribution in [1.29, 1.82) is 0 Å². The molecule has 6 nitrogen and oxygen atoms in total. The number of carbonyl (C=O) groups excluding carboxylic acids is 1. The summed E-state index contributed by atoms with van der Waals surface area (Å²) in [6, 6.07) is -0.877. The minimum absolute atomic E-state index is 0.124. The van der Waals surface area contributed by atoms with E-state index in [9.17, 15) is 9.59 Å². The average Bonchev–Trinajstić information content (AvgIpc) is 2.35. The first-order valence-corrected chi connectivity index (χ1v) is 5.78. The van der Waals surface area contributed by atoms with Gasteiger partial charge >= 0.3 is 5.97 Å². The number of hydrogen-bond acceptors (Lipinski definition) is 4. The molecule has 1 fully saturated rings. The lowest BCUT2D eigenvalue weighted by atomic mass is 9.99. The Labute approximate surface area is 100 Å². The topological polar surface area (TPSA) is 84.9 Å². The van der Waals surface area contributed by atoms with E-state index in [1.807, 2.05) is 6.92 Å². The van der Waals surface area contributed by atoms with Crippen molar-refractivity contribution in [3.63, 3.8) is 0 Å². The highest BCUT2D eigenvalue weighted by atomic mass is 16.6. The van der Waals surface area contributed by atoms with E-state index in [1.165, 1.54) is 0 Å². The van der Waals surface area contributed by atoms with Crippen LogP contribution in [0.5, 0.6) is 0 Å². The van der Waals surface area contributed by atoms with Crippen molar-refractivity contribution in [2.45, 2.75) is 32.4 Å². The zero-order valence-electron chi connectivity index (χ0n) is 10.1. The van der Waals surface area contributed by atoms with Crippen LogP contribution in [0.3, 0.4) is 0 Å². The van der Waals surface area contributed by atoms with Crippen LogP contribution >= 0.6 is 0 Å². The molecule has 3 unspecified atom stereocenters. The lowest BCUT2D eigenvalue weighted by molar-refractivity contribution is -0.153. The van der Waals surface area contributed by atoms with E-state index in [-0.39, 0.29) is 12.5 Å². The fourth-order valence-electron chi connectivity index (χ4n) is 1.57. The van der Waals surface area contributed by atoms with Crippen molar-refractivity contribution in [3.8, 4) is 0 Å². The second-order valence-corrected chi connectivity index (χ2v) is 4.14.